The van der Waals surface area contributed by atoms with Gasteiger partial charge >= 0.3 is 5.97 Å². The molecule has 0 radical (unpaired) electrons. The molecule has 0 saturated heterocycles. The van der Waals surface area contributed by atoms with Gasteiger partial charge in [0.15, 0.2) is 0 Å². The van der Waals surface area contributed by atoms with Crippen molar-refractivity contribution in [1.29, 1.82) is 0 Å². The highest BCUT2D eigenvalue weighted by Gasteiger charge is 2.20. The van der Waals surface area contributed by atoms with Gasteiger partial charge in [0, 0.05) is 23.9 Å². The Kier molecular flexibility index (Phi) is 5.98. The van der Waals surface area contributed by atoms with Crippen LogP contribution in [0.3, 0.4) is 0 Å². The van der Waals surface area contributed by atoms with Gasteiger partial charge < -0.3 is 10.4 Å². The summed E-state index contributed by atoms with van der Waals surface area (Å²) in [5.41, 5.74) is -0.282. The van der Waals surface area contributed by atoms with E-state index in [2.05, 4.69) is 5.32 Å². The maximum Gasteiger partial charge on any atom is 0.303 e. The van der Waals surface area contributed by atoms with Crippen molar-refractivity contribution in [1.82, 2.24) is 5.32 Å². The molecule has 7 nitrogen and oxygen atoms in total. The van der Waals surface area contributed by atoms with Crippen LogP contribution in [0.25, 0.3) is 0 Å². The summed E-state index contributed by atoms with van der Waals surface area (Å²) in [7, 11) is 0. The van der Waals surface area contributed by atoms with E-state index in [1.54, 1.807) is 12.3 Å². The summed E-state index contributed by atoms with van der Waals surface area (Å²) in [6, 6.07) is 4.32. The topological polar surface area (TPSA) is 110 Å². The third-order valence-corrected chi connectivity index (χ3v) is 3.22. The molecule has 0 fully saturated rings. The lowest BCUT2D eigenvalue weighted by molar-refractivity contribution is -0.385. The van der Waals surface area contributed by atoms with Crippen LogP contribution in [0.2, 0.25) is 0 Å². The molecular weight excluding hydrogens is 284 g/mol. The summed E-state index contributed by atoms with van der Waals surface area (Å²) < 4.78 is 0. The smallest absolute Gasteiger partial charge is 0.303 e. The number of nitrogens with one attached hydrogen (secondary N) is 1. The van der Waals surface area contributed by atoms with Gasteiger partial charge in [-0.05, 0) is 24.8 Å². The molecule has 1 aromatic carbocycles. The molecule has 20 heavy (non-hydrogen) atoms. The number of carbonyl (C=O) groups excluding carboxylic acids is 1. The van der Waals surface area contributed by atoms with Crippen LogP contribution in [-0.2, 0) is 4.79 Å². The van der Waals surface area contributed by atoms with E-state index in [9.17, 15) is 19.7 Å². The second kappa shape index (κ2) is 7.49. The van der Waals surface area contributed by atoms with E-state index < -0.39 is 16.8 Å². The minimum atomic E-state index is -0.949. The van der Waals surface area contributed by atoms with Crippen molar-refractivity contribution >= 4 is 29.3 Å². The fourth-order valence-corrected chi connectivity index (χ4v) is 1.96. The van der Waals surface area contributed by atoms with Crippen LogP contribution in [0.15, 0.2) is 23.1 Å². The highest BCUT2D eigenvalue weighted by atomic mass is 32.2. The molecule has 0 aliphatic heterocycles. The first-order valence-corrected chi connectivity index (χ1v) is 7.00. The molecule has 0 heterocycles. The first-order valence-electron chi connectivity index (χ1n) is 5.78. The van der Waals surface area contributed by atoms with Gasteiger partial charge in [-0.3, -0.25) is 19.7 Å². The van der Waals surface area contributed by atoms with Crippen molar-refractivity contribution in [2.24, 2.45) is 0 Å². The summed E-state index contributed by atoms with van der Waals surface area (Å²) in [6.07, 6.45) is 2.01. The molecule has 0 spiro atoms. The molecule has 2 N–H and O–H groups in total. The highest BCUT2D eigenvalue weighted by molar-refractivity contribution is 7.98. The molecule has 1 aromatic rings. The van der Waals surface area contributed by atoms with E-state index >= 15 is 0 Å². The van der Waals surface area contributed by atoms with Crippen molar-refractivity contribution < 1.29 is 19.6 Å². The number of benzene rings is 1. The number of nitro benzene ring substituents is 1. The van der Waals surface area contributed by atoms with Gasteiger partial charge in [-0.1, -0.05) is 0 Å². The number of thioether (sulfide) groups is 1. The number of hydrogen-bond acceptors (Lipinski definition) is 5. The third kappa shape index (κ3) is 4.54. The van der Waals surface area contributed by atoms with Crippen molar-refractivity contribution in [2.45, 2.75) is 17.7 Å². The molecule has 0 unspecified atom stereocenters. The molecule has 0 aliphatic carbocycles. The fourth-order valence-electron chi connectivity index (χ4n) is 1.52. The summed E-state index contributed by atoms with van der Waals surface area (Å²) in [6.45, 7) is 0.159. The van der Waals surface area contributed by atoms with Crippen molar-refractivity contribution in [3.8, 4) is 0 Å². The Balaban J connectivity index is 2.79. The van der Waals surface area contributed by atoms with Crippen LogP contribution in [0, 0.1) is 10.1 Å². The Morgan fingerprint density at radius 1 is 1.45 bits per heavy atom. The number of hydrogen-bond donors (Lipinski definition) is 2. The summed E-state index contributed by atoms with van der Waals surface area (Å²) in [5.74, 6) is -1.52. The Labute approximate surface area is 119 Å². The number of rotatable bonds is 7. The summed E-state index contributed by atoms with van der Waals surface area (Å²) in [4.78, 5) is 33.3. The van der Waals surface area contributed by atoms with Crippen LogP contribution in [-0.4, -0.2) is 34.7 Å². The zero-order chi connectivity index (χ0) is 15.1. The molecule has 0 atom stereocenters. The van der Waals surface area contributed by atoms with Crippen LogP contribution in [0.4, 0.5) is 5.69 Å². The number of aliphatic carboxylic acids is 1. The lowest BCUT2D eigenvalue weighted by Crippen LogP contribution is -2.25. The summed E-state index contributed by atoms with van der Waals surface area (Å²) in [5, 5.41) is 21.8. The number of nitro groups is 1. The van der Waals surface area contributed by atoms with Crippen LogP contribution in [0.5, 0.6) is 0 Å². The standard InChI is InChI=1S/C12H14N2O5S/c1-20-8-4-5-10(14(18)19)9(7-8)12(17)13-6-2-3-11(15)16/h4-5,7H,2-3,6H2,1H3,(H,13,17)(H,15,16). The normalized spacial score (nSPS) is 10.1. The number of carbonyl (C=O) groups is 2. The molecule has 8 heteroatoms. The second-order valence-electron chi connectivity index (χ2n) is 3.89. The second-order valence-corrected chi connectivity index (χ2v) is 4.77. The van der Waals surface area contributed by atoms with Crippen molar-refractivity contribution in [2.75, 3.05) is 12.8 Å². The maximum atomic E-state index is 11.9. The zero-order valence-corrected chi connectivity index (χ0v) is 11.6. The molecule has 1 amide bonds. The molecule has 0 bridgehead atoms. The van der Waals surface area contributed by atoms with E-state index in [-0.39, 0.29) is 30.6 Å². The van der Waals surface area contributed by atoms with E-state index in [4.69, 9.17) is 5.11 Å². The number of carboxylic acid groups (broad SMARTS) is 1. The highest BCUT2D eigenvalue weighted by Crippen LogP contribution is 2.24. The predicted octanol–water partition coefficient (Wildman–Crippen LogP) is 1.91. The Bertz CT molecular complexity index is 533. The Morgan fingerprint density at radius 2 is 2.15 bits per heavy atom. The van der Waals surface area contributed by atoms with Gasteiger partial charge in [0.05, 0.1) is 4.92 Å². The maximum absolute atomic E-state index is 11.9. The van der Waals surface area contributed by atoms with Gasteiger partial charge in [0.1, 0.15) is 5.56 Å². The van der Waals surface area contributed by atoms with Crippen LogP contribution < -0.4 is 5.32 Å². The first-order chi connectivity index (χ1) is 9.45. The minimum absolute atomic E-state index is 0.0165. The van der Waals surface area contributed by atoms with Gasteiger partial charge in [0.25, 0.3) is 11.6 Å². The Morgan fingerprint density at radius 3 is 2.70 bits per heavy atom. The zero-order valence-electron chi connectivity index (χ0n) is 10.8. The number of carboxylic acids is 1. The predicted molar refractivity (Wildman–Crippen MR) is 74.1 cm³/mol. The van der Waals surface area contributed by atoms with Crippen molar-refractivity contribution in [3.05, 3.63) is 33.9 Å². The molecule has 0 saturated carbocycles. The monoisotopic (exact) mass is 298 g/mol. The summed E-state index contributed by atoms with van der Waals surface area (Å²) >= 11 is 1.37. The molecule has 108 valence electrons. The van der Waals surface area contributed by atoms with Gasteiger partial charge in [-0.25, -0.2) is 0 Å². The van der Waals surface area contributed by atoms with E-state index in [1.165, 1.54) is 23.9 Å². The molecule has 1 rings (SSSR count). The SMILES string of the molecule is CSc1ccc([N+](=O)[O-])c(C(=O)NCCCC(=O)O)c1. The van der Waals surface area contributed by atoms with Gasteiger partial charge in [-0.15, -0.1) is 11.8 Å². The van der Waals surface area contributed by atoms with Gasteiger partial charge in [-0.2, -0.15) is 0 Å². The van der Waals surface area contributed by atoms with E-state index in [0.717, 1.165) is 4.90 Å². The Hall–Kier alpha value is -2.09. The fraction of sp³-hybridized carbons (Fsp3) is 0.333. The lowest BCUT2D eigenvalue weighted by atomic mass is 10.1. The average Bonchev–Trinajstić information content (AvgIpc) is 2.42. The third-order valence-electron chi connectivity index (χ3n) is 2.50. The lowest BCUT2D eigenvalue weighted by Gasteiger charge is -2.06. The first kappa shape index (κ1) is 16.0. The average molecular weight is 298 g/mol. The molecule has 0 aromatic heterocycles. The van der Waals surface area contributed by atoms with Crippen LogP contribution in [0.1, 0.15) is 23.2 Å². The number of amides is 1. The number of nitrogens with zero attached hydrogens (tertiary/aromatic N) is 1. The minimum Gasteiger partial charge on any atom is -0.481 e. The quantitative estimate of drug-likeness (QED) is 0.344. The molecular formula is C12H14N2O5S. The largest absolute Gasteiger partial charge is 0.481 e. The van der Waals surface area contributed by atoms with Crippen LogP contribution >= 0.6 is 11.8 Å². The van der Waals surface area contributed by atoms with Gasteiger partial charge in [0.2, 0.25) is 0 Å². The van der Waals surface area contributed by atoms with E-state index in [1.807, 2.05) is 0 Å². The molecule has 0 aliphatic rings. The van der Waals surface area contributed by atoms with E-state index in [0.29, 0.717) is 0 Å². The van der Waals surface area contributed by atoms with Crippen molar-refractivity contribution in [3.63, 3.8) is 0 Å².